The molecule has 128 valence electrons. The van der Waals surface area contributed by atoms with Gasteiger partial charge in [-0.15, -0.1) is 0 Å². The quantitative estimate of drug-likeness (QED) is 0.841. The third-order valence-electron chi connectivity index (χ3n) is 4.14. The van der Waals surface area contributed by atoms with E-state index in [0.29, 0.717) is 17.5 Å². The zero-order valence-corrected chi connectivity index (χ0v) is 14.5. The molecule has 0 spiro atoms. The van der Waals surface area contributed by atoms with Gasteiger partial charge in [0, 0.05) is 38.1 Å². The molecule has 0 aliphatic carbocycles. The van der Waals surface area contributed by atoms with Gasteiger partial charge in [0.05, 0.1) is 0 Å². The van der Waals surface area contributed by atoms with Gasteiger partial charge in [-0.1, -0.05) is 31.1 Å². The Morgan fingerprint density at radius 2 is 1.88 bits per heavy atom. The van der Waals surface area contributed by atoms with E-state index in [1.54, 1.807) is 0 Å². The van der Waals surface area contributed by atoms with Crippen molar-refractivity contribution in [2.24, 2.45) is 0 Å². The molecule has 0 amide bonds. The lowest BCUT2D eigenvalue weighted by atomic mass is 9.97. The maximum absolute atomic E-state index is 9.35. The van der Waals surface area contributed by atoms with E-state index < -0.39 is 0 Å². The van der Waals surface area contributed by atoms with E-state index in [4.69, 9.17) is 9.05 Å². The average molecular weight is 330 g/mol. The van der Waals surface area contributed by atoms with Gasteiger partial charge in [0.15, 0.2) is 0 Å². The van der Waals surface area contributed by atoms with Gasteiger partial charge in [0.2, 0.25) is 17.5 Å². The Kier molecular flexibility index (Phi) is 4.28. The highest BCUT2D eigenvalue weighted by Crippen LogP contribution is 2.29. The molecular formula is C16H22N6O2. The van der Waals surface area contributed by atoms with Crippen molar-refractivity contribution in [1.82, 2.24) is 20.2 Å². The first kappa shape index (κ1) is 16.5. The zero-order valence-electron chi connectivity index (χ0n) is 14.5. The summed E-state index contributed by atoms with van der Waals surface area (Å²) < 4.78 is 10.7. The molecule has 1 aliphatic heterocycles. The third-order valence-corrected chi connectivity index (χ3v) is 4.14. The van der Waals surface area contributed by atoms with Crippen molar-refractivity contribution >= 4 is 5.88 Å². The van der Waals surface area contributed by atoms with Gasteiger partial charge in [0.1, 0.15) is 17.5 Å². The van der Waals surface area contributed by atoms with Crippen LogP contribution in [0.5, 0.6) is 0 Å². The first-order valence-corrected chi connectivity index (χ1v) is 8.05. The van der Waals surface area contributed by atoms with Crippen LogP contribution >= 0.6 is 0 Å². The minimum absolute atomic E-state index is 0.219. The van der Waals surface area contributed by atoms with Gasteiger partial charge in [-0.2, -0.15) is 10.2 Å². The van der Waals surface area contributed by atoms with E-state index in [0.717, 1.165) is 44.1 Å². The standard InChI is InChI=1S/C16H22N6O2/c1-11-13(20-24-19-11)10-21-5-7-22(8-6-21)14-12(9-17)18-15(23-14)16(2,3)4/h5-8,10H2,1-4H3. The fourth-order valence-corrected chi connectivity index (χ4v) is 2.63. The maximum atomic E-state index is 9.35. The molecule has 0 unspecified atom stereocenters. The summed E-state index contributed by atoms with van der Waals surface area (Å²) in [5.41, 5.74) is 1.85. The molecule has 8 heteroatoms. The molecule has 0 bridgehead atoms. The Morgan fingerprint density at radius 1 is 1.17 bits per heavy atom. The van der Waals surface area contributed by atoms with Crippen LogP contribution < -0.4 is 4.90 Å². The molecule has 8 nitrogen and oxygen atoms in total. The Labute approximate surface area is 141 Å². The highest BCUT2D eigenvalue weighted by molar-refractivity contribution is 5.48. The second-order valence-corrected chi connectivity index (χ2v) is 7.09. The smallest absolute Gasteiger partial charge is 0.234 e. The summed E-state index contributed by atoms with van der Waals surface area (Å²) in [6.07, 6.45) is 0. The molecule has 3 rings (SSSR count). The van der Waals surface area contributed by atoms with E-state index in [1.807, 2.05) is 27.7 Å². The van der Waals surface area contributed by atoms with E-state index in [-0.39, 0.29) is 5.41 Å². The van der Waals surface area contributed by atoms with Gasteiger partial charge in [-0.25, -0.2) is 4.63 Å². The largest absolute Gasteiger partial charge is 0.423 e. The van der Waals surface area contributed by atoms with Crippen LogP contribution in [0.1, 0.15) is 43.7 Å². The number of aromatic nitrogens is 3. The van der Waals surface area contributed by atoms with Crippen molar-refractivity contribution in [1.29, 1.82) is 5.26 Å². The van der Waals surface area contributed by atoms with Gasteiger partial charge >= 0.3 is 0 Å². The summed E-state index contributed by atoms with van der Waals surface area (Å²) in [6.45, 7) is 11.9. The number of nitriles is 1. The topological polar surface area (TPSA) is 95.2 Å². The van der Waals surface area contributed by atoms with E-state index in [9.17, 15) is 5.26 Å². The Balaban J connectivity index is 1.68. The number of oxazole rings is 1. The highest BCUT2D eigenvalue weighted by atomic mass is 16.6. The first-order chi connectivity index (χ1) is 11.4. The van der Waals surface area contributed by atoms with Crippen LogP contribution in [0.4, 0.5) is 5.88 Å². The van der Waals surface area contributed by atoms with Gasteiger partial charge < -0.3 is 9.32 Å². The SMILES string of the molecule is Cc1nonc1CN1CCN(c2oc(C(C)(C)C)nc2C#N)CC1. The summed E-state index contributed by atoms with van der Waals surface area (Å²) in [7, 11) is 0. The molecule has 0 radical (unpaired) electrons. The minimum atomic E-state index is -0.219. The van der Waals surface area contributed by atoms with Crippen LogP contribution in [0.25, 0.3) is 0 Å². The van der Waals surface area contributed by atoms with E-state index >= 15 is 0 Å². The molecule has 24 heavy (non-hydrogen) atoms. The van der Waals surface area contributed by atoms with Crippen LogP contribution in [0.2, 0.25) is 0 Å². The lowest BCUT2D eigenvalue weighted by molar-refractivity contribution is 0.233. The summed E-state index contributed by atoms with van der Waals surface area (Å²) in [5, 5.41) is 17.1. The Bertz CT molecular complexity index is 743. The average Bonchev–Trinajstić information content (AvgIpc) is 3.14. The van der Waals surface area contributed by atoms with Crippen LogP contribution in [-0.4, -0.2) is 46.4 Å². The number of aryl methyl sites for hydroxylation is 1. The van der Waals surface area contributed by atoms with E-state index in [2.05, 4.69) is 31.2 Å². The second kappa shape index (κ2) is 6.24. The lowest BCUT2D eigenvalue weighted by Crippen LogP contribution is -2.46. The second-order valence-electron chi connectivity index (χ2n) is 7.09. The zero-order chi connectivity index (χ0) is 17.3. The fourth-order valence-electron chi connectivity index (χ4n) is 2.63. The van der Waals surface area contributed by atoms with Crippen LogP contribution in [0.15, 0.2) is 9.05 Å². The molecule has 2 aromatic rings. The van der Waals surface area contributed by atoms with Crippen molar-refractivity contribution < 1.29 is 9.05 Å². The van der Waals surface area contributed by atoms with Gasteiger partial charge in [0.25, 0.3) is 0 Å². The molecule has 2 aromatic heterocycles. The van der Waals surface area contributed by atoms with E-state index in [1.165, 1.54) is 0 Å². The predicted molar refractivity (Wildman–Crippen MR) is 86.4 cm³/mol. The summed E-state index contributed by atoms with van der Waals surface area (Å²) >= 11 is 0. The molecule has 0 N–H and O–H groups in total. The number of hydrogen-bond donors (Lipinski definition) is 0. The van der Waals surface area contributed by atoms with Crippen LogP contribution in [0, 0.1) is 18.3 Å². The molecule has 0 atom stereocenters. The van der Waals surface area contributed by atoms with Crippen LogP contribution in [-0.2, 0) is 12.0 Å². The highest BCUT2D eigenvalue weighted by Gasteiger charge is 2.28. The Hall–Kier alpha value is -2.40. The van der Waals surface area contributed by atoms with Crippen LogP contribution in [0.3, 0.4) is 0 Å². The van der Waals surface area contributed by atoms with Crippen molar-refractivity contribution in [3.63, 3.8) is 0 Å². The number of anilines is 1. The number of nitrogens with zero attached hydrogens (tertiary/aromatic N) is 6. The number of hydrogen-bond acceptors (Lipinski definition) is 8. The summed E-state index contributed by atoms with van der Waals surface area (Å²) in [4.78, 5) is 8.73. The lowest BCUT2D eigenvalue weighted by Gasteiger charge is -2.34. The molecule has 1 aliphatic rings. The summed E-state index contributed by atoms with van der Waals surface area (Å²) in [6, 6.07) is 2.15. The predicted octanol–water partition coefficient (Wildman–Crippen LogP) is 1.86. The number of piperazine rings is 1. The van der Waals surface area contributed by atoms with Gasteiger partial charge in [-0.05, 0) is 6.92 Å². The summed E-state index contributed by atoms with van der Waals surface area (Å²) in [5.74, 6) is 1.18. The molecule has 3 heterocycles. The normalized spacial score (nSPS) is 16.4. The molecule has 0 saturated carbocycles. The first-order valence-electron chi connectivity index (χ1n) is 8.05. The van der Waals surface area contributed by atoms with Crippen molar-refractivity contribution in [3.05, 3.63) is 23.0 Å². The van der Waals surface area contributed by atoms with Crippen molar-refractivity contribution in [2.75, 3.05) is 31.1 Å². The maximum Gasteiger partial charge on any atom is 0.234 e. The molecule has 1 fully saturated rings. The minimum Gasteiger partial charge on any atom is -0.423 e. The Morgan fingerprint density at radius 3 is 2.42 bits per heavy atom. The number of rotatable bonds is 3. The molecular weight excluding hydrogens is 308 g/mol. The third kappa shape index (κ3) is 3.26. The molecule has 0 aromatic carbocycles. The van der Waals surface area contributed by atoms with Crippen molar-refractivity contribution in [2.45, 2.75) is 39.7 Å². The van der Waals surface area contributed by atoms with Crippen molar-refractivity contribution in [3.8, 4) is 6.07 Å². The molecule has 1 saturated heterocycles. The fraction of sp³-hybridized carbons (Fsp3) is 0.625. The monoisotopic (exact) mass is 330 g/mol. The van der Waals surface area contributed by atoms with Gasteiger partial charge in [-0.3, -0.25) is 4.90 Å².